The van der Waals surface area contributed by atoms with Gasteiger partial charge in [0, 0.05) is 11.3 Å². The number of carbonyl (C=O) groups is 1. The number of nitrogens with two attached hydrogens (primary N) is 1. The van der Waals surface area contributed by atoms with Gasteiger partial charge in [0.2, 0.25) is 0 Å². The number of rotatable bonds is 2. The molecule has 0 saturated carbocycles. The Morgan fingerprint density at radius 2 is 2.00 bits per heavy atom. The summed E-state index contributed by atoms with van der Waals surface area (Å²) >= 11 is 0. The van der Waals surface area contributed by atoms with E-state index in [1.807, 2.05) is 0 Å². The summed E-state index contributed by atoms with van der Waals surface area (Å²) in [6.07, 6.45) is 0. The molecular formula is C9H9NO3. The van der Waals surface area contributed by atoms with Crippen molar-refractivity contribution in [1.82, 2.24) is 0 Å². The molecule has 0 radical (unpaired) electrons. The van der Waals surface area contributed by atoms with Gasteiger partial charge < -0.3 is 15.9 Å². The number of hydrogen-bond donors (Lipinski definition) is 3. The predicted octanol–water partition coefficient (Wildman–Crippen LogP) is 1.50. The van der Waals surface area contributed by atoms with Gasteiger partial charge in [-0.3, -0.25) is 0 Å². The van der Waals surface area contributed by atoms with Crippen LogP contribution in [0, 0.1) is 0 Å². The van der Waals surface area contributed by atoms with Gasteiger partial charge in [0.1, 0.15) is 5.76 Å². The molecule has 4 N–H and O–H groups in total. The second-order valence-corrected chi connectivity index (χ2v) is 2.55. The second kappa shape index (κ2) is 3.18. The molecule has 4 heteroatoms. The summed E-state index contributed by atoms with van der Waals surface area (Å²) in [6, 6.07) is 4.14. The lowest BCUT2D eigenvalue weighted by molar-refractivity contribution is 0.0698. The summed E-state index contributed by atoms with van der Waals surface area (Å²) in [6.45, 7) is 3.29. The molecule has 0 aliphatic carbocycles. The van der Waals surface area contributed by atoms with Gasteiger partial charge in [-0.2, -0.15) is 0 Å². The fraction of sp³-hybridized carbons (Fsp3) is 0. The van der Waals surface area contributed by atoms with Crippen LogP contribution in [0.2, 0.25) is 0 Å². The predicted molar refractivity (Wildman–Crippen MR) is 49.5 cm³/mol. The Hall–Kier alpha value is -1.97. The Labute approximate surface area is 74.9 Å². The topological polar surface area (TPSA) is 83.5 Å². The number of aromatic carboxylic acids is 1. The van der Waals surface area contributed by atoms with Crippen LogP contribution < -0.4 is 5.73 Å². The number of aliphatic hydroxyl groups is 1. The second-order valence-electron chi connectivity index (χ2n) is 2.55. The van der Waals surface area contributed by atoms with Crippen molar-refractivity contribution in [3.63, 3.8) is 0 Å². The first kappa shape index (κ1) is 9.12. The van der Waals surface area contributed by atoms with Crippen LogP contribution in [0.25, 0.3) is 5.76 Å². The number of benzene rings is 1. The van der Waals surface area contributed by atoms with Crippen molar-refractivity contribution in [1.29, 1.82) is 0 Å². The van der Waals surface area contributed by atoms with E-state index in [4.69, 9.17) is 15.9 Å². The van der Waals surface area contributed by atoms with E-state index in [-0.39, 0.29) is 17.0 Å². The SMILES string of the molecule is C=C(O)c1ccc(C(=O)O)c(N)c1. The fourth-order valence-corrected chi connectivity index (χ4v) is 0.937. The van der Waals surface area contributed by atoms with E-state index >= 15 is 0 Å². The number of carboxylic acid groups (broad SMARTS) is 1. The largest absolute Gasteiger partial charge is 0.508 e. The van der Waals surface area contributed by atoms with E-state index in [1.165, 1.54) is 18.2 Å². The van der Waals surface area contributed by atoms with E-state index in [2.05, 4.69) is 6.58 Å². The maximum atomic E-state index is 10.5. The molecule has 4 nitrogen and oxygen atoms in total. The average Bonchev–Trinajstić information content (AvgIpc) is 2.03. The van der Waals surface area contributed by atoms with Gasteiger partial charge in [-0.15, -0.1) is 0 Å². The Bertz CT molecular complexity index is 371. The minimum Gasteiger partial charge on any atom is -0.508 e. The monoisotopic (exact) mass is 179 g/mol. The highest BCUT2D eigenvalue weighted by molar-refractivity contribution is 5.94. The first-order chi connectivity index (χ1) is 6.02. The highest BCUT2D eigenvalue weighted by Crippen LogP contribution is 2.17. The fourth-order valence-electron chi connectivity index (χ4n) is 0.937. The molecule has 0 aliphatic rings. The first-order valence-corrected chi connectivity index (χ1v) is 3.53. The summed E-state index contributed by atoms with van der Waals surface area (Å²) in [4.78, 5) is 10.5. The zero-order valence-electron chi connectivity index (χ0n) is 6.82. The Kier molecular flexibility index (Phi) is 2.23. The van der Waals surface area contributed by atoms with Crippen LogP contribution in [0.1, 0.15) is 15.9 Å². The number of nitrogen functional groups attached to an aromatic ring is 1. The van der Waals surface area contributed by atoms with Gasteiger partial charge >= 0.3 is 5.97 Å². The minimum absolute atomic E-state index is 0.0185. The van der Waals surface area contributed by atoms with Crippen molar-refractivity contribution in [3.05, 3.63) is 35.9 Å². The molecule has 0 bridgehead atoms. The van der Waals surface area contributed by atoms with Crippen LogP contribution >= 0.6 is 0 Å². The van der Waals surface area contributed by atoms with Crippen molar-refractivity contribution >= 4 is 17.4 Å². The molecule has 1 aromatic rings. The van der Waals surface area contributed by atoms with Crippen LogP contribution in [0.15, 0.2) is 24.8 Å². The van der Waals surface area contributed by atoms with E-state index in [9.17, 15) is 4.79 Å². The highest BCUT2D eigenvalue weighted by atomic mass is 16.4. The van der Waals surface area contributed by atoms with Crippen molar-refractivity contribution in [3.8, 4) is 0 Å². The van der Waals surface area contributed by atoms with Gasteiger partial charge in [-0.05, 0) is 12.1 Å². The van der Waals surface area contributed by atoms with Crippen molar-refractivity contribution in [2.75, 3.05) is 5.73 Å². The third kappa shape index (κ3) is 1.79. The first-order valence-electron chi connectivity index (χ1n) is 3.53. The van der Waals surface area contributed by atoms with Crippen molar-refractivity contribution in [2.24, 2.45) is 0 Å². The van der Waals surface area contributed by atoms with Gasteiger partial charge in [0.15, 0.2) is 0 Å². The number of anilines is 1. The third-order valence-corrected chi connectivity index (χ3v) is 1.62. The average molecular weight is 179 g/mol. The van der Waals surface area contributed by atoms with Crippen molar-refractivity contribution in [2.45, 2.75) is 0 Å². The molecule has 0 atom stereocenters. The Morgan fingerprint density at radius 1 is 1.38 bits per heavy atom. The molecule has 0 amide bonds. The molecule has 0 unspecified atom stereocenters. The molecule has 0 aliphatic heterocycles. The summed E-state index contributed by atoms with van der Waals surface area (Å²) in [5, 5.41) is 17.6. The van der Waals surface area contributed by atoms with Crippen LogP contribution in [0.3, 0.4) is 0 Å². The zero-order chi connectivity index (χ0) is 10.0. The van der Waals surface area contributed by atoms with Gasteiger partial charge in [-0.25, -0.2) is 4.79 Å². The molecule has 1 aromatic carbocycles. The van der Waals surface area contributed by atoms with Crippen LogP contribution in [-0.2, 0) is 0 Å². The molecule has 0 saturated heterocycles. The number of carboxylic acids is 1. The normalized spacial score (nSPS) is 9.54. The van der Waals surface area contributed by atoms with E-state index in [0.29, 0.717) is 5.56 Å². The van der Waals surface area contributed by atoms with Crippen molar-refractivity contribution < 1.29 is 15.0 Å². The summed E-state index contributed by atoms with van der Waals surface area (Å²) < 4.78 is 0. The Balaban J connectivity index is 3.20. The van der Waals surface area contributed by atoms with Gasteiger partial charge in [-0.1, -0.05) is 12.6 Å². The standard InChI is InChI=1S/C9H9NO3/c1-5(11)6-2-3-7(9(12)13)8(10)4-6/h2-4,11H,1,10H2,(H,12,13). The molecular weight excluding hydrogens is 170 g/mol. The summed E-state index contributed by atoms with van der Waals surface area (Å²) in [5.41, 5.74) is 5.98. The van der Waals surface area contributed by atoms with E-state index in [0.717, 1.165) is 0 Å². The van der Waals surface area contributed by atoms with Crippen LogP contribution in [-0.4, -0.2) is 16.2 Å². The molecule has 0 heterocycles. The molecule has 13 heavy (non-hydrogen) atoms. The molecule has 0 fully saturated rings. The van der Waals surface area contributed by atoms with E-state index < -0.39 is 5.97 Å². The lowest BCUT2D eigenvalue weighted by Crippen LogP contribution is -2.02. The van der Waals surface area contributed by atoms with E-state index in [1.54, 1.807) is 0 Å². The molecule has 1 rings (SSSR count). The lowest BCUT2D eigenvalue weighted by Gasteiger charge is -2.03. The van der Waals surface area contributed by atoms with Crippen LogP contribution in [0.5, 0.6) is 0 Å². The maximum Gasteiger partial charge on any atom is 0.337 e. The van der Waals surface area contributed by atoms with Gasteiger partial charge in [0.05, 0.1) is 5.56 Å². The smallest absolute Gasteiger partial charge is 0.337 e. The summed E-state index contributed by atoms with van der Waals surface area (Å²) in [7, 11) is 0. The number of hydrogen-bond acceptors (Lipinski definition) is 3. The van der Waals surface area contributed by atoms with Crippen LogP contribution in [0.4, 0.5) is 5.69 Å². The quantitative estimate of drug-likeness (QED) is 0.474. The third-order valence-electron chi connectivity index (χ3n) is 1.62. The minimum atomic E-state index is -1.09. The molecule has 0 spiro atoms. The molecule has 68 valence electrons. The Morgan fingerprint density at radius 3 is 2.38 bits per heavy atom. The lowest BCUT2D eigenvalue weighted by atomic mass is 10.1. The number of aliphatic hydroxyl groups excluding tert-OH is 1. The van der Waals surface area contributed by atoms with Gasteiger partial charge in [0.25, 0.3) is 0 Å². The zero-order valence-corrected chi connectivity index (χ0v) is 6.82. The molecule has 0 aromatic heterocycles. The highest BCUT2D eigenvalue weighted by Gasteiger charge is 2.08. The maximum absolute atomic E-state index is 10.5. The summed E-state index contributed by atoms with van der Waals surface area (Å²) in [5.74, 6) is -1.23.